The van der Waals surface area contributed by atoms with Crippen molar-refractivity contribution in [3.05, 3.63) is 47.2 Å². The monoisotopic (exact) mass is 283 g/mol. The van der Waals surface area contributed by atoms with Gasteiger partial charge in [0.25, 0.3) is 0 Å². The highest BCUT2D eigenvalue weighted by molar-refractivity contribution is 7.14. The van der Waals surface area contributed by atoms with E-state index in [1.165, 1.54) is 9.75 Å². The first kappa shape index (κ1) is 10.9. The standard InChI is InChI=1S/C14H9N3S2/c1-3-11(18-7-1)9-5-6-10(12-4-2-8-19-12)14-13(9)15-17-16-14/h1-8H,(H,15,16,17). The van der Waals surface area contributed by atoms with Crippen LogP contribution < -0.4 is 0 Å². The molecule has 0 unspecified atom stereocenters. The minimum Gasteiger partial charge on any atom is -0.197 e. The third kappa shape index (κ3) is 1.70. The number of hydrogen-bond acceptors (Lipinski definition) is 4. The summed E-state index contributed by atoms with van der Waals surface area (Å²) in [7, 11) is 0. The zero-order valence-corrected chi connectivity index (χ0v) is 11.5. The Bertz CT molecular complexity index is 746. The molecular formula is C14H9N3S2. The van der Waals surface area contributed by atoms with Crippen molar-refractivity contribution >= 4 is 33.7 Å². The lowest BCUT2D eigenvalue weighted by molar-refractivity contribution is 0.960. The summed E-state index contributed by atoms with van der Waals surface area (Å²) < 4.78 is 0. The zero-order valence-electron chi connectivity index (χ0n) is 9.83. The van der Waals surface area contributed by atoms with Crippen LogP contribution in [0.1, 0.15) is 0 Å². The Morgan fingerprint density at radius 1 is 0.737 bits per heavy atom. The summed E-state index contributed by atoms with van der Waals surface area (Å²) in [4.78, 5) is 2.44. The molecule has 3 heterocycles. The van der Waals surface area contributed by atoms with Crippen molar-refractivity contribution in [1.29, 1.82) is 0 Å². The normalized spacial score (nSPS) is 11.2. The predicted molar refractivity (Wildman–Crippen MR) is 80.5 cm³/mol. The zero-order chi connectivity index (χ0) is 12.7. The maximum atomic E-state index is 4.32. The molecule has 0 fully saturated rings. The van der Waals surface area contributed by atoms with Crippen LogP contribution in [0.2, 0.25) is 0 Å². The number of aromatic nitrogens is 3. The van der Waals surface area contributed by atoms with Gasteiger partial charge in [-0.15, -0.1) is 22.7 Å². The topological polar surface area (TPSA) is 41.6 Å². The lowest BCUT2D eigenvalue weighted by Crippen LogP contribution is -1.81. The van der Waals surface area contributed by atoms with Crippen LogP contribution in [0.4, 0.5) is 0 Å². The summed E-state index contributed by atoms with van der Waals surface area (Å²) in [5.74, 6) is 0. The van der Waals surface area contributed by atoms with Gasteiger partial charge in [-0.3, -0.25) is 0 Å². The molecule has 4 aromatic rings. The number of hydrogen-bond donors (Lipinski definition) is 1. The highest BCUT2D eigenvalue weighted by atomic mass is 32.1. The van der Waals surface area contributed by atoms with Gasteiger partial charge < -0.3 is 0 Å². The van der Waals surface area contributed by atoms with E-state index in [4.69, 9.17) is 0 Å². The first-order valence-corrected chi connectivity index (χ1v) is 7.60. The number of benzene rings is 1. The summed E-state index contributed by atoms with van der Waals surface area (Å²) in [6.07, 6.45) is 0. The fraction of sp³-hybridized carbons (Fsp3) is 0. The molecule has 3 aromatic heterocycles. The van der Waals surface area contributed by atoms with Crippen molar-refractivity contribution in [2.75, 3.05) is 0 Å². The minimum absolute atomic E-state index is 0.938. The number of thiophene rings is 2. The van der Waals surface area contributed by atoms with Crippen LogP contribution in [0.15, 0.2) is 47.2 Å². The molecule has 0 amide bonds. The molecule has 0 bridgehead atoms. The number of H-pyrrole nitrogens is 1. The van der Waals surface area contributed by atoms with Gasteiger partial charge in [-0.2, -0.15) is 15.4 Å². The molecule has 0 aliphatic heterocycles. The predicted octanol–water partition coefficient (Wildman–Crippen LogP) is 4.41. The second-order valence-corrected chi connectivity index (χ2v) is 6.03. The molecule has 0 aliphatic rings. The van der Waals surface area contributed by atoms with E-state index < -0.39 is 0 Å². The molecule has 92 valence electrons. The second-order valence-electron chi connectivity index (χ2n) is 4.14. The summed E-state index contributed by atoms with van der Waals surface area (Å²) in [6.45, 7) is 0. The largest absolute Gasteiger partial charge is 0.197 e. The quantitative estimate of drug-likeness (QED) is 0.592. The summed E-state index contributed by atoms with van der Waals surface area (Å²) in [6, 6.07) is 12.6. The van der Waals surface area contributed by atoms with Crippen molar-refractivity contribution in [2.45, 2.75) is 0 Å². The van der Waals surface area contributed by atoms with Gasteiger partial charge in [-0.05, 0) is 22.9 Å². The van der Waals surface area contributed by atoms with Crippen molar-refractivity contribution in [1.82, 2.24) is 15.4 Å². The van der Waals surface area contributed by atoms with Crippen LogP contribution in [-0.4, -0.2) is 15.4 Å². The van der Waals surface area contributed by atoms with Gasteiger partial charge in [0.05, 0.1) is 0 Å². The Balaban J connectivity index is 2.01. The molecule has 0 spiro atoms. The smallest absolute Gasteiger partial charge is 0.122 e. The van der Waals surface area contributed by atoms with Crippen molar-refractivity contribution < 1.29 is 0 Å². The molecular weight excluding hydrogens is 274 g/mol. The minimum atomic E-state index is 0.938. The molecule has 0 saturated carbocycles. The summed E-state index contributed by atoms with van der Waals surface area (Å²) in [5, 5.41) is 15.5. The molecule has 5 heteroatoms. The number of nitrogens with one attached hydrogen (secondary N) is 1. The van der Waals surface area contributed by atoms with Crippen LogP contribution in [0.25, 0.3) is 31.9 Å². The molecule has 0 radical (unpaired) electrons. The summed E-state index contributed by atoms with van der Waals surface area (Å²) in [5.41, 5.74) is 4.15. The van der Waals surface area contributed by atoms with Gasteiger partial charge >= 0.3 is 0 Å². The van der Waals surface area contributed by atoms with E-state index in [-0.39, 0.29) is 0 Å². The highest BCUT2D eigenvalue weighted by Crippen LogP contribution is 2.36. The van der Waals surface area contributed by atoms with Crippen LogP contribution in [0, 0.1) is 0 Å². The van der Waals surface area contributed by atoms with E-state index in [1.807, 2.05) is 0 Å². The number of nitrogens with zero attached hydrogens (tertiary/aromatic N) is 2. The molecule has 0 atom stereocenters. The lowest BCUT2D eigenvalue weighted by Gasteiger charge is -2.02. The fourth-order valence-corrected chi connectivity index (χ4v) is 3.70. The van der Waals surface area contributed by atoms with Crippen molar-refractivity contribution in [3.8, 4) is 20.9 Å². The first-order valence-electron chi connectivity index (χ1n) is 5.85. The van der Waals surface area contributed by atoms with E-state index in [0.29, 0.717) is 0 Å². The third-order valence-electron chi connectivity index (χ3n) is 3.05. The van der Waals surface area contributed by atoms with Gasteiger partial charge in [0.1, 0.15) is 11.0 Å². The van der Waals surface area contributed by atoms with Crippen LogP contribution in [-0.2, 0) is 0 Å². The Kier molecular flexibility index (Phi) is 2.46. The van der Waals surface area contributed by atoms with Crippen LogP contribution in [0.5, 0.6) is 0 Å². The first-order chi connectivity index (χ1) is 9.43. The Morgan fingerprint density at radius 3 is 1.68 bits per heavy atom. The third-order valence-corrected chi connectivity index (χ3v) is 4.85. The fourth-order valence-electron chi connectivity index (χ4n) is 2.19. The van der Waals surface area contributed by atoms with Crippen molar-refractivity contribution in [3.63, 3.8) is 0 Å². The molecule has 1 N–H and O–H groups in total. The maximum Gasteiger partial charge on any atom is 0.122 e. The van der Waals surface area contributed by atoms with Gasteiger partial charge in [0, 0.05) is 20.9 Å². The van der Waals surface area contributed by atoms with Crippen molar-refractivity contribution in [2.24, 2.45) is 0 Å². The van der Waals surface area contributed by atoms with Gasteiger partial charge in [0.15, 0.2) is 0 Å². The Labute approximate surface area is 117 Å². The molecule has 3 nitrogen and oxygen atoms in total. The molecule has 4 rings (SSSR count). The van der Waals surface area contributed by atoms with Gasteiger partial charge in [0.2, 0.25) is 0 Å². The van der Waals surface area contributed by atoms with E-state index in [2.05, 4.69) is 62.6 Å². The molecule has 1 aromatic carbocycles. The Hall–Kier alpha value is -1.98. The number of rotatable bonds is 2. The molecule has 0 aliphatic carbocycles. The van der Waals surface area contributed by atoms with Gasteiger partial charge in [-0.25, -0.2) is 0 Å². The number of aromatic amines is 1. The van der Waals surface area contributed by atoms with E-state index >= 15 is 0 Å². The molecule has 0 saturated heterocycles. The van der Waals surface area contributed by atoms with Crippen LogP contribution >= 0.6 is 22.7 Å². The van der Waals surface area contributed by atoms with E-state index in [9.17, 15) is 0 Å². The highest BCUT2D eigenvalue weighted by Gasteiger charge is 2.13. The summed E-state index contributed by atoms with van der Waals surface area (Å²) >= 11 is 3.44. The maximum absolute atomic E-state index is 4.32. The molecule has 19 heavy (non-hydrogen) atoms. The second kappa shape index (κ2) is 4.29. The Morgan fingerprint density at radius 2 is 1.26 bits per heavy atom. The average molecular weight is 283 g/mol. The average Bonchev–Trinajstić information content (AvgIpc) is 3.19. The van der Waals surface area contributed by atoms with Gasteiger partial charge in [-0.1, -0.05) is 24.3 Å². The van der Waals surface area contributed by atoms with Crippen LogP contribution in [0.3, 0.4) is 0 Å². The number of fused-ring (bicyclic) bond motifs is 1. The SMILES string of the molecule is c1csc(-c2ccc(-c3cccs3)c3n[nH]nc23)c1. The van der Waals surface area contributed by atoms with E-state index in [1.54, 1.807) is 22.7 Å². The lowest BCUT2D eigenvalue weighted by atomic mass is 10.1. The van der Waals surface area contributed by atoms with E-state index in [0.717, 1.165) is 22.2 Å².